The van der Waals surface area contributed by atoms with Crippen LogP contribution in [-0.2, 0) is 12.8 Å². The van der Waals surface area contributed by atoms with Crippen LogP contribution in [0.15, 0.2) is 18.2 Å². The van der Waals surface area contributed by atoms with E-state index in [4.69, 9.17) is 10.5 Å². The van der Waals surface area contributed by atoms with E-state index < -0.39 is 12.5 Å². The highest BCUT2D eigenvalue weighted by atomic mass is 19.3. The summed E-state index contributed by atoms with van der Waals surface area (Å²) in [6.07, 6.45) is 0.508. The molecule has 0 saturated heterocycles. The lowest BCUT2D eigenvalue weighted by Gasteiger charge is -2.14. The summed E-state index contributed by atoms with van der Waals surface area (Å²) in [5.74, 6) is -2.00. The maximum absolute atomic E-state index is 13.0. The van der Waals surface area contributed by atoms with Crippen LogP contribution in [0, 0.1) is 0 Å². The molecule has 1 aliphatic rings. The van der Waals surface area contributed by atoms with Gasteiger partial charge in [-0.25, -0.2) is 8.78 Å². The molecule has 0 atom stereocenters. The fourth-order valence-electron chi connectivity index (χ4n) is 1.72. The lowest BCUT2D eigenvalue weighted by molar-refractivity contribution is 0.0115. The van der Waals surface area contributed by atoms with E-state index in [-0.39, 0.29) is 6.42 Å². The van der Waals surface area contributed by atoms with Crippen molar-refractivity contribution in [3.63, 3.8) is 0 Å². The number of ether oxygens (including phenoxy) is 1. The zero-order chi connectivity index (χ0) is 10.9. The van der Waals surface area contributed by atoms with E-state index in [1.54, 1.807) is 18.2 Å². The first-order valence-corrected chi connectivity index (χ1v) is 4.93. The molecule has 0 bridgehead atoms. The second kappa shape index (κ2) is 3.77. The molecule has 82 valence electrons. The number of benzene rings is 1. The van der Waals surface area contributed by atoms with Crippen LogP contribution in [0.3, 0.4) is 0 Å². The fourth-order valence-corrected chi connectivity index (χ4v) is 1.72. The Hall–Kier alpha value is -1.16. The summed E-state index contributed by atoms with van der Waals surface area (Å²) in [5.41, 5.74) is 6.63. The summed E-state index contributed by atoms with van der Waals surface area (Å²) < 4.78 is 31.4. The summed E-state index contributed by atoms with van der Waals surface area (Å²) in [6.45, 7) is 0.0344. The van der Waals surface area contributed by atoms with Crippen molar-refractivity contribution in [2.45, 2.75) is 18.8 Å². The summed E-state index contributed by atoms with van der Waals surface area (Å²) in [4.78, 5) is 0. The van der Waals surface area contributed by atoms with Crippen molar-refractivity contribution in [3.05, 3.63) is 29.3 Å². The van der Waals surface area contributed by atoms with Crippen molar-refractivity contribution in [3.8, 4) is 5.75 Å². The van der Waals surface area contributed by atoms with Gasteiger partial charge in [0.25, 0.3) is 5.92 Å². The van der Waals surface area contributed by atoms with Gasteiger partial charge in [-0.1, -0.05) is 12.1 Å². The van der Waals surface area contributed by atoms with Crippen LogP contribution in [0.25, 0.3) is 0 Å². The minimum absolute atomic E-state index is 0.295. The predicted molar refractivity (Wildman–Crippen MR) is 53.3 cm³/mol. The molecule has 2 nitrogen and oxygen atoms in total. The van der Waals surface area contributed by atoms with Gasteiger partial charge in [-0.2, -0.15) is 0 Å². The van der Waals surface area contributed by atoms with Gasteiger partial charge in [0.1, 0.15) is 5.75 Å². The van der Waals surface area contributed by atoms with Crippen LogP contribution in [-0.4, -0.2) is 19.1 Å². The molecule has 1 aromatic carbocycles. The lowest BCUT2D eigenvalue weighted by atomic mass is 10.0. The molecule has 2 rings (SSSR count). The van der Waals surface area contributed by atoms with Crippen LogP contribution < -0.4 is 10.5 Å². The van der Waals surface area contributed by atoms with Gasteiger partial charge in [0.15, 0.2) is 0 Å². The van der Waals surface area contributed by atoms with Gasteiger partial charge in [-0.3, -0.25) is 0 Å². The highest BCUT2D eigenvalue weighted by Crippen LogP contribution is 2.28. The van der Waals surface area contributed by atoms with Crippen molar-refractivity contribution in [1.29, 1.82) is 0 Å². The molecule has 1 aromatic rings. The molecule has 0 aliphatic carbocycles. The quantitative estimate of drug-likeness (QED) is 0.830. The number of hydrogen-bond donors (Lipinski definition) is 1. The van der Waals surface area contributed by atoms with E-state index in [1.165, 1.54) is 0 Å². The summed E-state index contributed by atoms with van der Waals surface area (Å²) in [6, 6.07) is 5.21. The largest absolute Gasteiger partial charge is 0.493 e. The standard InChI is InChI=1S/C11H13F2NO/c12-11(13,7-14)6-8-1-2-10-9(5-8)3-4-15-10/h1-2,5H,3-4,6-7,14H2. The third-order valence-electron chi connectivity index (χ3n) is 2.52. The van der Waals surface area contributed by atoms with Crippen LogP contribution in [0.2, 0.25) is 0 Å². The van der Waals surface area contributed by atoms with E-state index >= 15 is 0 Å². The summed E-state index contributed by atoms with van der Waals surface area (Å²) in [5, 5.41) is 0. The highest BCUT2D eigenvalue weighted by molar-refractivity contribution is 5.40. The average Bonchev–Trinajstić information content (AvgIpc) is 2.64. The van der Waals surface area contributed by atoms with Gasteiger partial charge in [0.2, 0.25) is 0 Å². The smallest absolute Gasteiger partial charge is 0.264 e. The van der Waals surface area contributed by atoms with Crippen molar-refractivity contribution in [2.24, 2.45) is 5.73 Å². The van der Waals surface area contributed by atoms with Crippen molar-refractivity contribution >= 4 is 0 Å². The number of halogens is 2. The van der Waals surface area contributed by atoms with Crippen molar-refractivity contribution < 1.29 is 13.5 Å². The molecule has 0 unspecified atom stereocenters. The van der Waals surface area contributed by atoms with Gasteiger partial charge in [0, 0.05) is 12.8 Å². The molecular formula is C11H13F2NO. The normalized spacial score (nSPS) is 14.9. The lowest BCUT2D eigenvalue weighted by Crippen LogP contribution is -2.30. The first kappa shape index (κ1) is 10.4. The third-order valence-corrected chi connectivity index (χ3v) is 2.52. The number of hydrogen-bond acceptors (Lipinski definition) is 2. The topological polar surface area (TPSA) is 35.2 Å². The van der Waals surface area contributed by atoms with E-state index in [0.717, 1.165) is 17.7 Å². The zero-order valence-electron chi connectivity index (χ0n) is 8.30. The fraction of sp³-hybridized carbons (Fsp3) is 0.455. The maximum Gasteiger partial charge on any atom is 0.264 e. The van der Waals surface area contributed by atoms with Crippen LogP contribution in [0.5, 0.6) is 5.75 Å². The molecule has 0 spiro atoms. The highest BCUT2D eigenvalue weighted by Gasteiger charge is 2.27. The molecule has 1 aliphatic heterocycles. The SMILES string of the molecule is NCC(F)(F)Cc1ccc2c(c1)CCO2. The van der Waals surface area contributed by atoms with Crippen molar-refractivity contribution in [1.82, 2.24) is 0 Å². The van der Waals surface area contributed by atoms with E-state index in [0.29, 0.717) is 12.2 Å². The van der Waals surface area contributed by atoms with E-state index in [9.17, 15) is 8.78 Å². The Morgan fingerprint density at radius 1 is 1.40 bits per heavy atom. The number of fused-ring (bicyclic) bond motifs is 1. The average molecular weight is 213 g/mol. The minimum Gasteiger partial charge on any atom is -0.493 e. The Kier molecular flexibility index (Phi) is 2.61. The molecule has 0 saturated carbocycles. The van der Waals surface area contributed by atoms with Gasteiger partial charge in [-0.05, 0) is 17.2 Å². The predicted octanol–water partition coefficient (Wildman–Crippen LogP) is 1.76. The second-order valence-electron chi connectivity index (χ2n) is 3.78. The summed E-state index contributed by atoms with van der Waals surface area (Å²) >= 11 is 0. The first-order valence-electron chi connectivity index (χ1n) is 4.93. The number of rotatable bonds is 3. The number of alkyl halides is 2. The van der Waals surface area contributed by atoms with Gasteiger partial charge < -0.3 is 10.5 Å². The Bertz CT molecular complexity index is 366. The van der Waals surface area contributed by atoms with Crippen LogP contribution >= 0.6 is 0 Å². The molecule has 1 heterocycles. The van der Waals surface area contributed by atoms with E-state index in [2.05, 4.69) is 0 Å². The molecule has 15 heavy (non-hydrogen) atoms. The zero-order valence-corrected chi connectivity index (χ0v) is 8.30. The van der Waals surface area contributed by atoms with Crippen molar-refractivity contribution in [2.75, 3.05) is 13.2 Å². The van der Waals surface area contributed by atoms with E-state index in [1.807, 2.05) is 0 Å². The molecule has 0 amide bonds. The van der Waals surface area contributed by atoms with Gasteiger partial charge in [-0.15, -0.1) is 0 Å². The number of nitrogens with two attached hydrogens (primary N) is 1. The molecule has 0 radical (unpaired) electrons. The monoisotopic (exact) mass is 213 g/mol. The third kappa shape index (κ3) is 2.26. The second-order valence-corrected chi connectivity index (χ2v) is 3.78. The van der Waals surface area contributed by atoms with Gasteiger partial charge >= 0.3 is 0 Å². The molecule has 2 N–H and O–H groups in total. The molecule has 0 aromatic heterocycles. The minimum atomic E-state index is -2.81. The molecule has 0 fully saturated rings. The Balaban J connectivity index is 2.17. The summed E-state index contributed by atoms with van der Waals surface area (Å²) in [7, 11) is 0. The van der Waals surface area contributed by atoms with Gasteiger partial charge in [0.05, 0.1) is 13.2 Å². The Morgan fingerprint density at radius 2 is 2.20 bits per heavy atom. The molecule has 4 heteroatoms. The van der Waals surface area contributed by atoms with Crippen LogP contribution in [0.4, 0.5) is 8.78 Å². The molecular weight excluding hydrogens is 200 g/mol. The first-order chi connectivity index (χ1) is 7.11. The van der Waals surface area contributed by atoms with Crippen LogP contribution in [0.1, 0.15) is 11.1 Å². The Morgan fingerprint density at radius 3 is 2.93 bits per heavy atom. The Labute approximate surface area is 87.0 Å². The maximum atomic E-state index is 13.0.